The Balaban J connectivity index is 1.36. The summed E-state index contributed by atoms with van der Waals surface area (Å²) >= 11 is 0. The second-order valence-electron chi connectivity index (χ2n) is 18.2. The maximum absolute atomic E-state index is 12.6. The van der Waals surface area contributed by atoms with Crippen LogP contribution in [0.1, 0.15) is 58.2 Å². The van der Waals surface area contributed by atoms with E-state index in [-0.39, 0.29) is 5.75 Å². The number of nitrogens with zero attached hydrogens (tertiary/aromatic N) is 5. The maximum Gasteiger partial charge on any atom is 0.198 e. The molecule has 0 aliphatic rings. The van der Waals surface area contributed by atoms with Crippen molar-refractivity contribution in [3.63, 3.8) is 0 Å². The van der Waals surface area contributed by atoms with Gasteiger partial charge in [0.1, 0.15) is 11.6 Å². The molecule has 0 radical (unpaired) electrons. The fraction of sp³-hybridized carbons (Fsp3) is 0.138. The number of pyridine rings is 1. The highest BCUT2D eigenvalue weighted by Crippen LogP contribution is 2.50. The summed E-state index contributed by atoms with van der Waals surface area (Å²) in [5.41, 5.74) is 13.7. The van der Waals surface area contributed by atoms with Crippen molar-refractivity contribution in [2.75, 3.05) is 0 Å². The molecule has 9 rings (SSSR count). The van der Waals surface area contributed by atoms with Crippen molar-refractivity contribution in [2.24, 2.45) is 0 Å². The SMILES string of the molecule is [C-]#[N+]c1c(C(C)(C)C)cc(-c2nc3c(-c4cc(-c5ccccc5)cc(-c5cc(C#N)c(-c6ccccc6)cn5)c4)cccc3n2-c2ccccc2-c2ccccc2)c(O)c1C(C)(C)C. The molecular formula is C58H47N5O. The van der Waals surface area contributed by atoms with Crippen LogP contribution >= 0.6 is 0 Å². The number of imidazole rings is 1. The summed E-state index contributed by atoms with van der Waals surface area (Å²) < 4.78 is 2.16. The average molecular weight is 830 g/mol. The molecular weight excluding hydrogens is 783 g/mol. The van der Waals surface area contributed by atoms with E-state index in [4.69, 9.17) is 16.5 Å². The number of aromatic hydroxyl groups is 1. The van der Waals surface area contributed by atoms with E-state index in [1.807, 2.05) is 112 Å². The summed E-state index contributed by atoms with van der Waals surface area (Å²) in [7, 11) is 0. The van der Waals surface area contributed by atoms with Gasteiger partial charge in [0, 0.05) is 34.0 Å². The molecule has 0 aliphatic carbocycles. The summed E-state index contributed by atoms with van der Waals surface area (Å²) in [5.74, 6) is 0.612. The van der Waals surface area contributed by atoms with Crippen molar-refractivity contribution in [3.05, 3.63) is 198 Å². The van der Waals surface area contributed by atoms with Gasteiger partial charge in [-0.1, -0.05) is 169 Å². The van der Waals surface area contributed by atoms with Crippen LogP contribution in [-0.4, -0.2) is 19.6 Å². The summed E-state index contributed by atoms with van der Waals surface area (Å²) in [5, 5.41) is 23.0. The van der Waals surface area contributed by atoms with Gasteiger partial charge >= 0.3 is 0 Å². The number of nitriles is 1. The fourth-order valence-corrected chi connectivity index (χ4v) is 8.80. The van der Waals surface area contributed by atoms with Crippen molar-refractivity contribution in [3.8, 4) is 84.7 Å². The number of aromatic nitrogens is 3. The zero-order chi connectivity index (χ0) is 44.8. The van der Waals surface area contributed by atoms with Crippen LogP contribution in [0.2, 0.25) is 0 Å². The van der Waals surface area contributed by atoms with Crippen LogP contribution < -0.4 is 0 Å². The van der Waals surface area contributed by atoms with Gasteiger partial charge in [0.2, 0.25) is 0 Å². The van der Waals surface area contributed by atoms with Gasteiger partial charge < -0.3 is 5.11 Å². The van der Waals surface area contributed by atoms with Crippen LogP contribution in [0.5, 0.6) is 5.75 Å². The van der Waals surface area contributed by atoms with E-state index in [2.05, 4.69) is 109 Å². The van der Waals surface area contributed by atoms with Crippen molar-refractivity contribution in [1.82, 2.24) is 14.5 Å². The van der Waals surface area contributed by atoms with E-state index in [1.165, 1.54) is 0 Å². The van der Waals surface area contributed by atoms with Crippen molar-refractivity contribution in [2.45, 2.75) is 52.4 Å². The Hall–Kier alpha value is -8.06. The molecule has 0 atom stereocenters. The number of para-hydroxylation sites is 2. The summed E-state index contributed by atoms with van der Waals surface area (Å²) in [6.07, 6.45) is 1.79. The zero-order valence-electron chi connectivity index (χ0n) is 36.8. The number of phenolic OH excluding ortho intramolecular Hbond substituents is 1. The van der Waals surface area contributed by atoms with E-state index in [0.29, 0.717) is 33.9 Å². The first-order valence-corrected chi connectivity index (χ1v) is 21.5. The lowest BCUT2D eigenvalue weighted by molar-refractivity contribution is 0.448. The smallest absolute Gasteiger partial charge is 0.198 e. The van der Waals surface area contributed by atoms with Gasteiger partial charge in [-0.05, 0) is 80.6 Å². The maximum atomic E-state index is 12.6. The van der Waals surface area contributed by atoms with Gasteiger partial charge in [0.25, 0.3) is 0 Å². The van der Waals surface area contributed by atoms with Gasteiger partial charge in [0.15, 0.2) is 5.69 Å². The molecule has 64 heavy (non-hydrogen) atoms. The Morgan fingerprint density at radius 3 is 1.78 bits per heavy atom. The van der Waals surface area contributed by atoms with Crippen LogP contribution in [0.3, 0.4) is 0 Å². The minimum absolute atomic E-state index is 0.0495. The Bertz CT molecular complexity index is 3300. The molecule has 0 saturated carbocycles. The van der Waals surface area contributed by atoms with Crippen molar-refractivity contribution < 1.29 is 5.11 Å². The number of hydrogen-bond acceptors (Lipinski definition) is 4. The first-order valence-electron chi connectivity index (χ1n) is 21.5. The topological polar surface area (TPSA) is 79.1 Å². The molecule has 1 N–H and O–H groups in total. The third-order valence-electron chi connectivity index (χ3n) is 11.9. The second-order valence-corrected chi connectivity index (χ2v) is 18.2. The Labute approximate surface area is 375 Å². The van der Waals surface area contributed by atoms with Gasteiger partial charge in [-0.2, -0.15) is 5.26 Å². The number of rotatable bonds is 7. The molecule has 6 nitrogen and oxygen atoms in total. The lowest BCUT2D eigenvalue weighted by atomic mass is 9.77. The highest BCUT2D eigenvalue weighted by atomic mass is 16.3. The van der Waals surface area contributed by atoms with Crippen LogP contribution in [-0.2, 0) is 10.8 Å². The van der Waals surface area contributed by atoms with E-state index >= 15 is 0 Å². The molecule has 0 spiro atoms. The Kier molecular flexibility index (Phi) is 10.5. The molecule has 0 unspecified atom stereocenters. The van der Waals surface area contributed by atoms with Crippen LogP contribution in [0, 0.1) is 17.9 Å². The van der Waals surface area contributed by atoms with E-state index in [0.717, 1.165) is 72.4 Å². The highest BCUT2D eigenvalue weighted by molar-refractivity contribution is 5.99. The predicted molar refractivity (Wildman–Crippen MR) is 262 cm³/mol. The second kappa shape index (κ2) is 16.3. The number of hydrogen-bond donors (Lipinski definition) is 1. The van der Waals surface area contributed by atoms with Crippen LogP contribution in [0.25, 0.3) is 88.7 Å². The quantitative estimate of drug-likeness (QED) is 0.162. The van der Waals surface area contributed by atoms with Gasteiger partial charge in [0.05, 0.1) is 46.2 Å². The Morgan fingerprint density at radius 1 is 0.578 bits per heavy atom. The molecule has 0 saturated heterocycles. The van der Waals surface area contributed by atoms with Gasteiger partial charge in [-0.15, -0.1) is 0 Å². The third kappa shape index (κ3) is 7.50. The van der Waals surface area contributed by atoms with Crippen LogP contribution in [0.4, 0.5) is 5.69 Å². The number of fused-ring (bicyclic) bond motifs is 1. The minimum atomic E-state index is -0.559. The van der Waals surface area contributed by atoms with Gasteiger partial charge in [-0.3, -0.25) is 9.55 Å². The summed E-state index contributed by atoms with van der Waals surface area (Å²) in [6, 6.07) is 57.7. The van der Waals surface area contributed by atoms with E-state index in [9.17, 15) is 10.4 Å². The highest BCUT2D eigenvalue weighted by Gasteiger charge is 2.33. The molecule has 9 aromatic rings. The Morgan fingerprint density at radius 2 is 1.16 bits per heavy atom. The molecule has 6 heteroatoms. The first kappa shape index (κ1) is 41.3. The fourth-order valence-electron chi connectivity index (χ4n) is 8.80. The van der Waals surface area contributed by atoms with Crippen molar-refractivity contribution >= 4 is 16.7 Å². The minimum Gasteiger partial charge on any atom is -0.508 e. The molecule has 2 heterocycles. The summed E-state index contributed by atoms with van der Waals surface area (Å²) in [4.78, 5) is 14.6. The molecule has 2 aromatic heterocycles. The molecule has 0 amide bonds. The predicted octanol–water partition coefficient (Wildman–Crippen LogP) is 15.1. The van der Waals surface area contributed by atoms with Crippen LogP contribution in [0.15, 0.2) is 170 Å². The molecule has 0 fully saturated rings. The third-order valence-corrected chi connectivity index (χ3v) is 11.9. The number of benzene rings is 7. The molecule has 0 aliphatic heterocycles. The number of phenols is 1. The molecule has 7 aromatic carbocycles. The monoisotopic (exact) mass is 829 g/mol. The largest absolute Gasteiger partial charge is 0.508 e. The molecule has 0 bridgehead atoms. The average Bonchev–Trinajstić information content (AvgIpc) is 3.70. The normalized spacial score (nSPS) is 11.6. The summed E-state index contributed by atoms with van der Waals surface area (Å²) in [6.45, 7) is 20.8. The lowest BCUT2D eigenvalue weighted by Gasteiger charge is -2.30. The lowest BCUT2D eigenvalue weighted by Crippen LogP contribution is -2.18. The first-order chi connectivity index (χ1) is 30.9. The zero-order valence-corrected chi connectivity index (χ0v) is 36.8. The standard InChI is InChI=1S/C58H47N5O/c1-57(2,3)48-34-46(55(64)52(54(48)60-7)58(4,5)6)56-62-53-45(27-19-29-51(53)63(56)50-28-18-17-26-44(50)38-22-13-9-14-23-38)41-30-40(37-20-11-8-12-21-37)31-42(32-41)49-33-43(35-59)47(36-61-49)39-24-15-10-16-25-39/h8-34,36,64H,1-6H3. The van der Waals surface area contributed by atoms with E-state index in [1.54, 1.807) is 6.20 Å². The van der Waals surface area contributed by atoms with E-state index < -0.39 is 10.8 Å². The van der Waals surface area contributed by atoms with Gasteiger partial charge in [-0.25, -0.2) is 9.83 Å². The van der Waals surface area contributed by atoms with Crippen molar-refractivity contribution in [1.29, 1.82) is 5.26 Å². The molecule has 310 valence electrons.